The van der Waals surface area contributed by atoms with Crippen molar-refractivity contribution in [2.45, 2.75) is 25.6 Å². The fourth-order valence-corrected chi connectivity index (χ4v) is 4.69. The molecule has 37 heavy (non-hydrogen) atoms. The lowest BCUT2D eigenvalue weighted by atomic mass is 10.1. The second kappa shape index (κ2) is 10.8. The summed E-state index contributed by atoms with van der Waals surface area (Å²) in [6.07, 6.45) is 1.38. The number of halogens is 1. The molecule has 0 saturated heterocycles. The number of rotatable bonds is 8. The number of fused-ring (bicyclic) bond motifs is 3. The van der Waals surface area contributed by atoms with Gasteiger partial charge in [0, 0.05) is 12.1 Å². The Morgan fingerprint density at radius 1 is 1.00 bits per heavy atom. The Balaban J connectivity index is 1.25. The van der Waals surface area contributed by atoms with Crippen LogP contribution in [0.1, 0.15) is 23.3 Å². The molecule has 3 aromatic rings. The van der Waals surface area contributed by atoms with Gasteiger partial charge in [0.25, 0.3) is 5.91 Å². The van der Waals surface area contributed by atoms with E-state index in [0.717, 1.165) is 17.3 Å². The number of para-hydroxylation sites is 1. The van der Waals surface area contributed by atoms with E-state index in [2.05, 4.69) is 20.6 Å². The number of nitrogens with one attached hydrogen (secondary N) is 2. The molecule has 0 saturated carbocycles. The summed E-state index contributed by atoms with van der Waals surface area (Å²) in [5.41, 5.74) is 2.04. The zero-order valence-electron chi connectivity index (χ0n) is 19.5. The predicted octanol–water partition coefficient (Wildman–Crippen LogP) is 3.13. The molecule has 2 aliphatic heterocycles. The van der Waals surface area contributed by atoms with Gasteiger partial charge in [0.2, 0.25) is 11.8 Å². The van der Waals surface area contributed by atoms with Crippen molar-refractivity contribution in [2.24, 2.45) is 9.98 Å². The van der Waals surface area contributed by atoms with Crippen molar-refractivity contribution in [3.05, 3.63) is 89.6 Å². The van der Waals surface area contributed by atoms with Gasteiger partial charge in [-0.15, -0.1) is 0 Å². The number of furan rings is 1. The summed E-state index contributed by atoms with van der Waals surface area (Å²) in [6, 6.07) is 15.6. The molecule has 188 valence electrons. The first-order valence-electron chi connectivity index (χ1n) is 11.5. The number of benzene rings is 2. The van der Waals surface area contributed by atoms with Crippen LogP contribution in [-0.2, 0) is 27.5 Å². The summed E-state index contributed by atoms with van der Waals surface area (Å²) in [6.45, 7) is 0.463. The number of amides is 3. The third-order valence-corrected chi connectivity index (χ3v) is 6.64. The first kappa shape index (κ1) is 24.4. The lowest BCUT2D eigenvalue weighted by Gasteiger charge is -2.25. The number of carbonyl (C=O) groups is 3. The second-order valence-corrected chi connectivity index (χ2v) is 9.25. The van der Waals surface area contributed by atoms with E-state index in [9.17, 15) is 18.8 Å². The molecule has 1 aromatic heterocycles. The molecule has 0 aliphatic carbocycles. The van der Waals surface area contributed by atoms with E-state index < -0.39 is 6.04 Å². The van der Waals surface area contributed by atoms with E-state index in [4.69, 9.17) is 4.42 Å². The highest BCUT2D eigenvalue weighted by Crippen LogP contribution is 2.34. The quantitative estimate of drug-likeness (QED) is 0.474. The summed E-state index contributed by atoms with van der Waals surface area (Å²) in [5.74, 6) is -0.277. The Kier molecular flexibility index (Phi) is 7.13. The third kappa shape index (κ3) is 5.61. The molecule has 0 spiro atoms. The Bertz CT molecular complexity index is 1390. The number of amidine groups is 2. The van der Waals surface area contributed by atoms with Crippen LogP contribution in [-0.4, -0.2) is 45.4 Å². The molecule has 0 bridgehead atoms. The third-order valence-electron chi connectivity index (χ3n) is 5.70. The Morgan fingerprint density at radius 2 is 1.78 bits per heavy atom. The van der Waals surface area contributed by atoms with Gasteiger partial charge >= 0.3 is 0 Å². The first-order chi connectivity index (χ1) is 18.0. The van der Waals surface area contributed by atoms with Gasteiger partial charge in [0.1, 0.15) is 23.5 Å². The summed E-state index contributed by atoms with van der Waals surface area (Å²) in [5, 5.41) is 5.83. The van der Waals surface area contributed by atoms with Crippen LogP contribution in [0.25, 0.3) is 0 Å². The molecule has 2 N–H and O–H groups in total. The summed E-state index contributed by atoms with van der Waals surface area (Å²) >= 11 is 1.12. The van der Waals surface area contributed by atoms with E-state index in [1.807, 2.05) is 18.2 Å². The summed E-state index contributed by atoms with van der Waals surface area (Å²) in [7, 11) is 0. The van der Waals surface area contributed by atoms with Crippen molar-refractivity contribution in [2.75, 3.05) is 5.75 Å². The molecular formula is C26H22FN5O4S. The fourth-order valence-electron chi connectivity index (χ4n) is 3.86. The maximum atomic E-state index is 13.3. The van der Waals surface area contributed by atoms with E-state index in [1.54, 1.807) is 30.3 Å². The predicted molar refractivity (Wildman–Crippen MR) is 137 cm³/mol. The van der Waals surface area contributed by atoms with Crippen LogP contribution in [0.15, 0.2) is 81.3 Å². The monoisotopic (exact) mass is 519 g/mol. The van der Waals surface area contributed by atoms with Gasteiger partial charge in [0.15, 0.2) is 5.17 Å². The Morgan fingerprint density at radius 3 is 2.57 bits per heavy atom. The van der Waals surface area contributed by atoms with Crippen LogP contribution in [0.3, 0.4) is 0 Å². The van der Waals surface area contributed by atoms with Crippen molar-refractivity contribution < 1.29 is 23.2 Å². The van der Waals surface area contributed by atoms with Gasteiger partial charge in [-0.3, -0.25) is 19.4 Å². The van der Waals surface area contributed by atoms with Crippen molar-refractivity contribution in [1.29, 1.82) is 0 Å². The van der Waals surface area contributed by atoms with Crippen molar-refractivity contribution in [3.8, 4) is 0 Å². The van der Waals surface area contributed by atoms with Crippen LogP contribution < -0.4 is 10.6 Å². The minimum absolute atomic E-state index is 0.0294. The van der Waals surface area contributed by atoms with Crippen LogP contribution in [0.2, 0.25) is 0 Å². The molecule has 9 nitrogen and oxygen atoms in total. The standard InChI is InChI=1S/C26H22FN5O4S/c27-17-9-7-16(8-10-17)13-28-22(33)12-21-25(35)32-24(30-21)19-5-1-2-6-20(19)31-26(32)37-15-23(34)29-14-18-4-3-11-36-18/h1-11,21H,12-15H2,(H,28,33)(H,29,34)/t21-/m1/s1. The highest BCUT2D eigenvalue weighted by Gasteiger charge is 2.42. The Labute approximate surface area is 215 Å². The van der Waals surface area contributed by atoms with Gasteiger partial charge < -0.3 is 15.1 Å². The average Bonchev–Trinajstić information content (AvgIpc) is 3.54. The molecule has 0 fully saturated rings. The van der Waals surface area contributed by atoms with Gasteiger partial charge in [-0.2, -0.15) is 0 Å². The molecule has 0 radical (unpaired) electrons. The van der Waals surface area contributed by atoms with Gasteiger partial charge in [-0.25, -0.2) is 14.3 Å². The molecule has 3 heterocycles. The maximum absolute atomic E-state index is 13.3. The molecule has 2 aliphatic rings. The summed E-state index contributed by atoms with van der Waals surface area (Å²) < 4.78 is 18.3. The van der Waals surface area contributed by atoms with E-state index >= 15 is 0 Å². The minimum atomic E-state index is -0.923. The number of thioether (sulfide) groups is 1. The molecule has 3 amide bonds. The molecule has 5 rings (SSSR count). The number of carbonyl (C=O) groups excluding carboxylic acids is 3. The number of nitrogens with zero attached hydrogens (tertiary/aromatic N) is 3. The molecular weight excluding hydrogens is 497 g/mol. The highest BCUT2D eigenvalue weighted by atomic mass is 32.2. The summed E-state index contributed by atoms with van der Waals surface area (Å²) in [4.78, 5) is 48.8. The van der Waals surface area contributed by atoms with Crippen molar-refractivity contribution >= 4 is 46.2 Å². The number of aliphatic imine (C=N–C) groups is 2. The van der Waals surface area contributed by atoms with Crippen molar-refractivity contribution in [1.82, 2.24) is 15.5 Å². The number of hydrogen-bond acceptors (Lipinski definition) is 7. The zero-order valence-corrected chi connectivity index (χ0v) is 20.3. The Hall–Kier alpha value is -4.25. The zero-order chi connectivity index (χ0) is 25.8. The molecule has 1 atom stereocenters. The van der Waals surface area contributed by atoms with Crippen LogP contribution >= 0.6 is 11.8 Å². The minimum Gasteiger partial charge on any atom is -0.467 e. The average molecular weight is 520 g/mol. The highest BCUT2D eigenvalue weighted by molar-refractivity contribution is 8.14. The lowest BCUT2D eigenvalue weighted by Crippen LogP contribution is -2.42. The van der Waals surface area contributed by atoms with Gasteiger partial charge in [0.05, 0.1) is 30.7 Å². The molecule has 2 aromatic carbocycles. The van der Waals surface area contributed by atoms with Gasteiger partial charge in [-0.1, -0.05) is 36.0 Å². The topological polar surface area (TPSA) is 116 Å². The molecule has 11 heteroatoms. The van der Waals surface area contributed by atoms with E-state index in [-0.39, 0.29) is 48.8 Å². The van der Waals surface area contributed by atoms with Crippen LogP contribution in [0, 0.1) is 5.82 Å². The SMILES string of the molecule is O=C(CSC1=Nc2ccccc2C2=N[C@H](CC(=O)NCc3ccc(F)cc3)C(=O)N12)NCc1ccco1. The second-order valence-electron chi connectivity index (χ2n) is 8.31. The van der Waals surface area contributed by atoms with Crippen LogP contribution in [0.5, 0.6) is 0 Å². The number of hydrogen-bond donors (Lipinski definition) is 2. The van der Waals surface area contributed by atoms with E-state index in [1.165, 1.54) is 23.3 Å². The normalized spacial score (nSPS) is 16.0. The van der Waals surface area contributed by atoms with Gasteiger partial charge in [-0.05, 0) is 42.0 Å². The van der Waals surface area contributed by atoms with Crippen LogP contribution in [0.4, 0.5) is 10.1 Å². The maximum Gasteiger partial charge on any atom is 0.259 e. The molecule has 0 unspecified atom stereocenters. The first-order valence-corrected chi connectivity index (χ1v) is 12.5. The lowest BCUT2D eigenvalue weighted by molar-refractivity contribution is -0.128. The smallest absolute Gasteiger partial charge is 0.259 e. The fraction of sp³-hybridized carbons (Fsp3) is 0.192. The van der Waals surface area contributed by atoms with E-state index in [0.29, 0.717) is 28.0 Å². The largest absolute Gasteiger partial charge is 0.467 e. The van der Waals surface area contributed by atoms with Crippen molar-refractivity contribution in [3.63, 3.8) is 0 Å².